The quantitative estimate of drug-likeness (QED) is 0.670. The molecule has 2 aromatic rings. The summed E-state index contributed by atoms with van der Waals surface area (Å²) >= 11 is 0. The lowest BCUT2D eigenvalue weighted by molar-refractivity contribution is -0.133. The van der Waals surface area contributed by atoms with Crippen molar-refractivity contribution >= 4 is 11.9 Å². The lowest BCUT2D eigenvalue weighted by Gasteiger charge is -2.24. The predicted octanol–water partition coefficient (Wildman–Crippen LogP) is 2.58. The number of esters is 1. The van der Waals surface area contributed by atoms with Crippen LogP contribution in [0.25, 0.3) is 0 Å². The lowest BCUT2D eigenvalue weighted by Crippen LogP contribution is -2.39. The first kappa shape index (κ1) is 21.0. The lowest BCUT2D eigenvalue weighted by atomic mass is 9.94. The first-order chi connectivity index (χ1) is 15.6. The van der Waals surface area contributed by atoms with Crippen LogP contribution >= 0.6 is 0 Å². The van der Waals surface area contributed by atoms with Gasteiger partial charge in [-0.15, -0.1) is 0 Å². The second kappa shape index (κ2) is 8.56. The van der Waals surface area contributed by atoms with E-state index in [-0.39, 0.29) is 35.6 Å². The smallest absolute Gasteiger partial charge is 0.337 e. The summed E-state index contributed by atoms with van der Waals surface area (Å²) in [5.74, 6) is 0.435. The standard InChI is InChI=1S/C25H27NO6/c1-29-23(27)17-7-9-19(10-8-17)32-20-15-30-21-13-26(14-22(21)31-16-20)24(28)25(11-12-25)18-5-3-2-4-6-18/h2-10,20-22H,11-16H2,1H3/t21-,22-/m0/s1. The number of fused-ring (bicyclic) bond motifs is 1. The third kappa shape index (κ3) is 3.98. The average Bonchev–Trinajstić information content (AvgIpc) is 3.59. The summed E-state index contributed by atoms with van der Waals surface area (Å²) in [5.41, 5.74) is 1.20. The molecule has 5 rings (SSSR count). The van der Waals surface area contributed by atoms with Crippen LogP contribution in [-0.2, 0) is 24.4 Å². The van der Waals surface area contributed by atoms with E-state index in [1.807, 2.05) is 35.2 Å². The van der Waals surface area contributed by atoms with Crippen LogP contribution < -0.4 is 4.74 Å². The monoisotopic (exact) mass is 437 g/mol. The van der Waals surface area contributed by atoms with Gasteiger partial charge in [0.25, 0.3) is 0 Å². The molecule has 7 nitrogen and oxygen atoms in total. The molecule has 1 aliphatic carbocycles. The normalized spacial score (nSPS) is 24.3. The number of carbonyl (C=O) groups excluding carboxylic acids is 2. The molecule has 3 aliphatic rings. The summed E-state index contributed by atoms with van der Waals surface area (Å²) in [6.07, 6.45) is 1.23. The number of likely N-dealkylation sites (tertiary alicyclic amines) is 1. The minimum absolute atomic E-state index is 0.152. The van der Waals surface area contributed by atoms with Crippen molar-refractivity contribution in [1.29, 1.82) is 0 Å². The minimum atomic E-state index is -0.384. The number of ether oxygens (including phenoxy) is 4. The fraction of sp³-hybridized carbons (Fsp3) is 0.440. The van der Waals surface area contributed by atoms with Gasteiger partial charge in [-0.3, -0.25) is 4.79 Å². The molecule has 168 valence electrons. The molecule has 2 atom stereocenters. The van der Waals surface area contributed by atoms with Gasteiger partial charge < -0.3 is 23.8 Å². The molecule has 0 radical (unpaired) electrons. The Morgan fingerprint density at radius 1 is 0.938 bits per heavy atom. The van der Waals surface area contributed by atoms with Crippen molar-refractivity contribution < 1.29 is 28.5 Å². The van der Waals surface area contributed by atoms with Crippen molar-refractivity contribution in [3.05, 3.63) is 65.7 Å². The number of amides is 1. The zero-order valence-electron chi connectivity index (χ0n) is 18.1. The molecule has 2 aliphatic heterocycles. The van der Waals surface area contributed by atoms with Crippen LogP contribution in [-0.4, -0.2) is 68.5 Å². The molecule has 0 bridgehead atoms. The van der Waals surface area contributed by atoms with Gasteiger partial charge >= 0.3 is 5.97 Å². The fourth-order valence-electron chi connectivity index (χ4n) is 4.60. The molecule has 2 heterocycles. The Bertz CT molecular complexity index is 956. The van der Waals surface area contributed by atoms with Crippen LogP contribution in [0.5, 0.6) is 5.75 Å². The van der Waals surface area contributed by atoms with Gasteiger partial charge in [0, 0.05) is 13.1 Å². The SMILES string of the molecule is COC(=O)c1ccc(OC2CO[C@H]3CN(C(=O)C4(c5ccccc5)CC4)C[C@@H]3OC2)cc1. The van der Waals surface area contributed by atoms with Gasteiger partial charge in [-0.2, -0.15) is 0 Å². The highest BCUT2D eigenvalue weighted by Crippen LogP contribution is 2.50. The van der Waals surface area contributed by atoms with Gasteiger partial charge in [0.2, 0.25) is 5.91 Å². The van der Waals surface area contributed by atoms with Gasteiger partial charge in [0.1, 0.15) is 24.1 Å². The van der Waals surface area contributed by atoms with Gasteiger partial charge in [0.15, 0.2) is 0 Å². The zero-order chi connectivity index (χ0) is 22.1. The van der Waals surface area contributed by atoms with E-state index in [0.29, 0.717) is 37.6 Å². The molecule has 7 heteroatoms. The Hall–Kier alpha value is -2.90. The summed E-state index contributed by atoms with van der Waals surface area (Å²) in [4.78, 5) is 26.8. The van der Waals surface area contributed by atoms with E-state index < -0.39 is 0 Å². The number of carbonyl (C=O) groups is 2. The Morgan fingerprint density at radius 2 is 1.56 bits per heavy atom. The van der Waals surface area contributed by atoms with Gasteiger partial charge in [-0.05, 0) is 42.7 Å². The van der Waals surface area contributed by atoms with Crippen LogP contribution in [0.3, 0.4) is 0 Å². The molecule has 2 saturated heterocycles. The van der Waals surface area contributed by atoms with E-state index >= 15 is 0 Å². The van der Waals surface area contributed by atoms with E-state index in [4.69, 9.17) is 18.9 Å². The third-order valence-electron chi connectivity index (χ3n) is 6.56. The van der Waals surface area contributed by atoms with E-state index in [9.17, 15) is 9.59 Å². The molecule has 1 saturated carbocycles. The summed E-state index contributed by atoms with van der Waals surface area (Å²) in [7, 11) is 1.35. The number of methoxy groups -OCH3 is 1. The van der Waals surface area contributed by atoms with Crippen LogP contribution in [0, 0.1) is 0 Å². The molecule has 0 spiro atoms. The van der Waals surface area contributed by atoms with E-state index in [1.54, 1.807) is 24.3 Å². The predicted molar refractivity (Wildman–Crippen MR) is 116 cm³/mol. The first-order valence-electron chi connectivity index (χ1n) is 11.0. The Kier molecular flexibility index (Phi) is 5.61. The topological polar surface area (TPSA) is 74.3 Å². The molecule has 3 fully saturated rings. The van der Waals surface area contributed by atoms with Crippen LogP contribution in [0.1, 0.15) is 28.8 Å². The highest BCUT2D eigenvalue weighted by Gasteiger charge is 2.55. The second-order valence-corrected chi connectivity index (χ2v) is 8.66. The van der Waals surface area contributed by atoms with Crippen molar-refractivity contribution in [3.63, 3.8) is 0 Å². The number of nitrogens with zero attached hydrogens (tertiary/aromatic N) is 1. The molecule has 0 aromatic heterocycles. The highest BCUT2D eigenvalue weighted by molar-refractivity contribution is 5.91. The number of hydrogen-bond donors (Lipinski definition) is 0. The molecule has 32 heavy (non-hydrogen) atoms. The maximum Gasteiger partial charge on any atom is 0.337 e. The van der Waals surface area contributed by atoms with Crippen molar-refractivity contribution in [2.45, 2.75) is 36.6 Å². The molecule has 0 unspecified atom stereocenters. The van der Waals surface area contributed by atoms with Crippen molar-refractivity contribution in [1.82, 2.24) is 4.90 Å². The Morgan fingerprint density at radius 3 is 2.12 bits per heavy atom. The third-order valence-corrected chi connectivity index (χ3v) is 6.56. The number of benzene rings is 2. The molecule has 0 N–H and O–H groups in total. The molecule has 1 amide bonds. The summed E-state index contributed by atoms with van der Waals surface area (Å²) in [6, 6.07) is 16.9. The Labute approximate surface area is 187 Å². The fourth-order valence-corrected chi connectivity index (χ4v) is 4.60. The first-order valence-corrected chi connectivity index (χ1v) is 11.0. The summed E-state index contributed by atoms with van der Waals surface area (Å²) in [5, 5.41) is 0. The van der Waals surface area contributed by atoms with Crippen molar-refractivity contribution in [2.75, 3.05) is 33.4 Å². The van der Waals surface area contributed by atoms with E-state index in [1.165, 1.54) is 7.11 Å². The van der Waals surface area contributed by atoms with Gasteiger partial charge in [-0.1, -0.05) is 30.3 Å². The van der Waals surface area contributed by atoms with Crippen LogP contribution in [0.2, 0.25) is 0 Å². The zero-order valence-corrected chi connectivity index (χ0v) is 18.1. The van der Waals surface area contributed by atoms with Crippen molar-refractivity contribution in [2.24, 2.45) is 0 Å². The van der Waals surface area contributed by atoms with Crippen molar-refractivity contribution in [3.8, 4) is 5.75 Å². The molecular formula is C25H27NO6. The maximum absolute atomic E-state index is 13.3. The minimum Gasteiger partial charge on any atom is -0.486 e. The largest absolute Gasteiger partial charge is 0.486 e. The number of rotatable bonds is 5. The average molecular weight is 437 g/mol. The van der Waals surface area contributed by atoms with E-state index in [0.717, 1.165) is 18.4 Å². The van der Waals surface area contributed by atoms with E-state index in [2.05, 4.69) is 0 Å². The highest BCUT2D eigenvalue weighted by atomic mass is 16.6. The maximum atomic E-state index is 13.3. The Balaban J connectivity index is 1.17. The van der Waals surface area contributed by atoms with Crippen LogP contribution in [0.4, 0.5) is 0 Å². The summed E-state index contributed by atoms with van der Waals surface area (Å²) in [6.45, 7) is 1.84. The van der Waals surface area contributed by atoms with Crippen LogP contribution in [0.15, 0.2) is 54.6 Å². The summed E-state index contributed by atoms with van der Waals surface area (Å²) < 4.78 is 22.9. The number of hydrogen-bond acceptors (Lipinski definition) is 6. The second-order valence-electron chi connectivity index (χ2n) is 8.66. The van der Waals surface area contributed by atoms with Gasteiger partial charge in [0.05, 0.1) is 31.3 Å². The molecule has 2 aromatic carbocycles. The molecular weight excluding hydrogens is 410 g/mol. The van der Waals surface area contributed by atoms with Gasteiger partial charge in [-0.25, -0.2) is 4.79 Å².